The smallest absolute Gasteiger partial charge is 0.267 e. The van der Waals surface area contributed by atoms with Crippen molar-refractivity contribution >= 4 is 28.5 Å². The molecule has 108 valence electrons. The number of carbonyl (C=O) groups is 2. The maximum absolute atomic E-state index is 12.8. The number of hydrogen-bond acceptors (Lipinski definition) is 4. The van der Waals surface area contributed by atoms with Gasteiger partial charge < -0.3 is 0 Å². The number of hydrogen-bond donors (Lipinski definition) is 1. The van der Waals surface area contributed by atoms with Gasteiger partial charge >= 0.3 is 0 Å². The van der Waals surface area contributed by atoms with E-state index in [1.54, 1.807) is 12.1 Å². The summed E-state index contributed by atoms with van der Waals surface area (Å²) in [5.41, 5.74) is 3.50. The molecular formula is C16H12N4O2. The second-order valence-corrected chi connectivity index (χ2v) is 5.38. The molecule has 0 fully saturated rings. The predicted molar refractivity (Wildman–Crippen MR) is 80.9 cm³/mol. The average Bonchev–Trinajstić information content (AvgIpc) is 3.00. The van der Waals surface area contributed by atoms with Gasteiger partial charge in [-0.2, -0.15) is 5.10 Å². The standard InChI is InChI=1S/C16H12N4O2/c1-8-3-5-10(6-4-8)20-15(21)11-7-17-14-12(9(2)18-19-14)13(11)16(20)22/h3-7H,1-2H3,(H,17,18,19). The van der Waals surface area contributed by atoms with Crippen molar-refractivity contribution in [1.82, 2.24) is 15.2 Å². The molecule has 1 aliphatic heterocycles. The topological polar surface area (TPSA) is 79.0 Å². The van der Waals surface area contributed by atoms with Crippen LogP contribution < -0.4 is 4.90 Å². The molecule has 0 bridgehead atoms. The fourth-order valence-corrected chi connectivity index (χ4v) is 2.77. The molecule has 0 atom stereocenters. The molecule has 3 heterocycles. The van der Waals surface area contributed by atoms with Crippen LogP contribution in [0.2, 0.25) is 0 Å². The number of aromatic nitrogens is 3. The van der Waals surface area contributed by atoms with Crippen LogP contribution in [-0.2, 0) is 0 Å². The van der Waals surface area contributed by atoms with E-state index in [1.807, 2.05) is 26.0 Å². The van der Waals surface area contributed by atoms with Gasteiger partial charge in [-0.05, 0) is 26.0 Å². The van der Waals surface area contributed by atoms with Gasteiger partial charge in [0.05, 0.1) is 22.2 Å². The molecule has 0 saturated carbocycles. The Kier molecular flexibility index (Phi) is 2.45. The number of pyridine rings is 1. The molecular weight excluding hydrogens is 280 g/mol. The first-order chi connectivity index (χ1) is 10.6. The number of benzene rings is 1. The van der Waals surface area contributed by atoms with Crippen LogP contribution in [0.15, 0.2) is 30.5 Å². The van der Waals surface area contributed by atoms with E-state index in [1.165, 1.54) is 11.1 Å². The molecule has 2 aromatic heterocycles. The van der Waals surface area contributed by atoms with Gasteiger partial charge in [0.25, 0.3) is 11.8 Å². The lowest BCUT2D eigenvalue weighted by Crippen LogP contribution is -2.29. The summed E-state index contributed by atoms with van der Waals surface area (Å²) in [6.45, 7) is 3.76. The first-order valence-corrected chi connectivity index (χ1v) is 6.87. The Morgan fingerprint density at radius 3 is 2.50 bits per heavy atom. The van der Waals surface area contributed by atoms with E-state index in [9.17, 15) is 9.59 Å². The van der Waals surface area contributed by atoms with Gasteiger partial charge in [-0.15, -0.1) is 0 Å². The molecule has 2 amide bonds. The zero-order valence-corrected chi connectivity index (χ0v) is 12.0. The van der Waals surface area contributed by atoms with Crippen molar-refractivity contribution in [2.24, 2.45) is 0 Å². The number of aryl methyl sites for hydroxylation is 2. The van der Waals surface area contributed by atoms with Crippen LogP contribution in [0.5, 0.6) is 0 Å². The molecule has 4 rings (SSSR count). The van der Waals surface area contributed by atoms with Crippen molar-refractivity contribution in [3.8, 4) is 0 Å². The van der Waals surface area contributed by atoms with E-state index < -0.39 is 0 Å². The lowest BCUT2D eigenvalue weighted by Gasteiger charge is -2.13. The highest BCUT2D eigenvalue weighted by Gasteiger charge is 2.39. The predicted octanol–water partition coefficient (Wildman–Crippen LogP) is 2.38. The van der Waals surface area contributed by atoms with Crippen molar-refractivity contribution in [3.63, 3.8) is 0 Å². The molecule has 1 aromatic carbocycles. The summed E-state index contributed by atoms with van der Waals surface area (Å²) in [6, 6.07) is 7.28. The van der Waals surface area contributed by atoms with E-state index in [-0.39, 0.29) is 11.8 Å². The van der Waals surface area contributed by atoms with Gasteiger partial charge in [0.15, 0.2) is 5.65 Å². The Morgan fingerprint density at radius 1 is 1.05 bits per heavy atom. The fourth-order valence-electron chi connectivity index (χ4n) is 2.77. The minimum absolute atomic E-state index is 0.322. The van der Waals surface area contributed by atoms with Crippen molar-refractivity contribution in [1.29, 1.82) is 0 Å². The number of rotatable bonds is 1. The van der Waals surface area contributed by atoms with Gasteiger partial charge in [0.2, 0.25) is 0 Å². The molecule has 3 aromatic rings. The van der Waals surface area contributed by atoms with E-state index in [0.29, 0.717) is 27.8 Å². The maximum atomic E-state index is 12.8. The number of anilines is 1. The quantitative estimate of drug-likeness (QED) is 0.698. The summed E-state index contributed by atoms with van der Waals surface area (Å²) in [7, 11) is 0. The third-order valence-corrected chi connectivity index (χ3v) is 3.91. The van der Waals surface area contributed by atoms with Gasteiger partial charge in [0, 0.05) is 11.9 Å². The normalized spacial score (nSPS) is 14.0. The maximum Gasteiger partial charge on any atom is 0.267 e. The van der Waals surface area contributed by atoms with Gasteiger partial charge in [-0.25, -0.2) is 9.88 Å². The first kappa shape index (κ1) is 12.7. The highest BCUT2D eigenvalue weighted by atomic mass is 16.2. The van der Waals surface area contributed by atoms with Crippen LogP contribution in [0, 0.1) is 13.8 Å². The second kappa shape index (κ2) is 4.24. The van der Waals surface area contributed by atoms with E-state index in [0.717, 1.165) is 11.3 Å². The monoisotopic (exact) mass is 292 g/mol. The second-order valence-electron chi connectivity index (χ2n) is 5.38. The molecule has 0 aliphatic carbocycles. The summed E-state index contributed by atoms with van der Waals surface area (Å²) < 4.78 is 0. The summed E-state index contributed by atoms with van der Waals surface area (Å²) in [4.78, 5) is 30.7. The Morgan fingerprint density at radius 2 is 1.77 bits per heavy atom. The Balaban J connectivity index is 1.94. The number of nitrogens with one attached hydrogen (secondary N) is 1. The number of amides is 2. The summed E-state index contributed by atoms with van der Waals surface area (Å²) in [6.07, 6.45) is 1.42. The number of imide groups is 1. The molecule has 0 unspecified atom stereocenters. The zero-order valence-electron chi connectivity index (χ0n) is 12.0. The molecule has 6 nitrogen and oxygen atoms in total. The fraction of sp³-hybridized carbons (Fsp3) is 0.125. The molecule has 22 heavy (non-hydrogen) atoms. The van der Waals surface area contributed by atoms with Gasteiger partial charge in [-0.1, -0.05) is 17.7 Å². The summed E-state index contributed by atoms with van der Waals surface area (Å²) in [5.74, 6) is -0.681. The summed E-state index contributed by atoms with van der Waals surface area (Å²) >= 11 is 0. The lowest BCUT2D eigenvalue weighted by molar-refractivity contribution is 0.0926. The highest BCUT2D eigenvalue weighted by Crippen LogP contribution is 2.33. The van der Waals surface area contributed by atoms with Crippen molar-refractivity contribution < 1.29 is 9.59 Å². The van der Waals surface area contributed by atoms with E-state index >= 15 is 0 Å². The van der Waals surface area contributed by atoms with Crippen LogP contribution in [0.25, 0.3) is 11.0 Å². The molecule has 1 aliphatic rings. The van der Waals surface area contributed by atoms with Crippen LogP contribution >= 0.6 is 0 Å². The largest absolute Gasteiger partial charge is 0.280 e. The average molecular weight is 292 g/mol. The molecule has 0 saturated heterocycles. The third-order valence-electron chi connectivity index (χ3n) is 3.91. The summed E-state index contributed by atoms with van der Waals surface area (Å²) in [5, 5.41) is 7.47. The molecule has 0 radical (unpaired) electrons. The zero-order chi connectivity index (χ0) is 15.4. The van der Waals surface area contributed by atoms with Gasteiger partial charge in [0.1, 0.15) is 0 Å². The number of carbonyl (C=O) groups excluding carboxylic acids is 2. The Hall–Kier alpha value is -3.02. The number of aromatic amines is 1. The van der Waals surface area contributed by atoms with Crippen LogP contribution in [0.4, 0.5) is 5.69 Å². The first-order valence-electron chi connectivity index (χ1n) is 6.87. The minimum Gasteiger partial charge on any atom is -0.280 e. The van der Waals surface area contributed by atoms with Crippen LogP contribution in [-0.4, -0.2) is 27.0 Å². The number of nitrogens with zero attached hydrogens (tertiary/aromatic N) is 3. The van der Waals surface area contributed by atoms with Gasteiger partial charge in [-0.3, -0.25) is 14.7 Å². The van der Waals surface area contributed by atoms with Crippen molar-refractivity contribution in [3.05, 3.63) is 52.8 Å². The molecule has 0 spiro atoms. The number of fused-ring (bicyclic) bond motifs is 3. The van der Waals surface area contributed by atoms with Crippen LogP contribution in [0.1, 0.15) is 32.0 Å². The van der Waals surface area contributed by atoms with E-state index in [2.05, 4.69) is 15.2 Å². The SMILES string of the molecule is Cc1ccc(N2C(=O)c3cnc4n[nH]c(C)c4c3C2=O)cc1. The van der Waals surface area contributed by atoms with Crippen molar-refractivity contribution in [2.75, 3.05) is 4.90 Å². The third kappa shape index (κ3) is 1.54. The van der Waals surface area contributed by atoms with Crippen molar-refractivity contribution in [2.45, 2.75) is 13.8 Å². The molecule has 6 heteroatoms. The van der Waals surface area contributed by atoms with E-state index in [4.69, 9.17) is 0 Å². The Labute approximate surface area is 125 Å². The highest BCUT2D eigenvalue weighted by molar-refractivity contribution is 6.37. The number of H-pyrrole nitrogens is 1. The Bertz CT molecular complexity index is 941. The van der Waals surface area contributed by atoms with Crippen LogP contribution in [0.3, 0.4) is 0 Å². The minimum atomic E-state index is -0.348. The molecule has 1 N–H and O–H groups in total. The lowest BCUT2D eigenvalue weighted by atomic mass is 10.1.